The van der Waals surface area contributed by atoms with Crippen molar-refractivity contribution in [1.82, 2.24) is 0 Å². The van der Waals surface area contributed by atoms with Crippen LogP contribution in [-0.4, -0.2) is 58.7 Å². The van der Waals surface area contributed by atoms with Gasteiger partial charge in [-0.15, -0.1) is 0 Å². The van der Waals surface area contributed by atoms with Crippen molar-refractivity contribution in [2.24, 2.45) is 11.8 Å². The Morgan fingerprint density at radius 2 is 0.867 bits per heavy atom. The minimum atomic E-state index is -1.18. The van der Waals surface area contributed by atoms with Gasteiger partial charge in [-0.25, -0.2) is 0 Å². The van der Waals surface area contributed by atoms with E-state index >= 15 is 0 Å². The summed E-state index contributed by atoms with van der Waals surface area (Å²) in [5, 5.41) is 0. The van der Waals surface area contributed by atoms with Crippen LogP contribution < -0.4 is 23.7 Å². The molecule has 0 spiro atoms. The van der Waals surface area contributed by atoms with Gasteiger partial charge >= 0.3 is 0 Å². The van der Waals surface area contributed by atoms with Crippen molar-refractivity contribution in [3.05, 3.63) is 77.4 Å². The number of hydrogen-bond donors (Lipinski definition) is 0. The lowest BCUT2D eigenvalue weighted by Gasteiger charge is -2.38. The van der Waals surface area contributed by atoms with E-state index < -0.39 is 17.8 Å². The Labute approximate surface area is 262 Å². The number of ether oxygens (including phenoxy) is 5. The number of carbonyl (C=O) groups excluding carboxylic acids is 4. The quantitative estimate of drug-likeness (QED) is 0.274. The molecule has 2 fully saturated rings. The Balaban J connectivity index is 1.53. The van der Waals surface area contributed by atoms with Gasteiger partial charge in [0.1, 0.15) is 34.6 Å². The van der Waals surface area contributed by atoms with E-state index in [1.54, 1.807) is 50.6 Å². The fraction of sp³-hybridized carbons (Fsp3) is 0.389. The van der Waals surface area contributed by atoms with Gasteiger partial charge in [0.2, 0.25) is 5.75 Å². The van der Waals surface area contributed by atoms with E-state index in [1.807, 2.05) is 24.3 Å². The molecule has 0 atom stereocenters. The van der Waals surface area contributed by atoms with Crippen LogP contribution in [0.4, 0.5) is 0 Å². The molecule has 9 heteroatoms. The molecule has 0 heterocycles. The van der Waals surface area contributed by atoms with Crippen molar-refractivity contribution >= 4 is 23.1 Å². The third-order valence-corrected chi connectivity index (χ3v) is 9.14. The highest BCUT2D eigenvalue weighted by Gasteiger charge is 2.50. The van der Waals surface area contributed by atoms with Gasteiger partial charge in [-0.1, -0.05) is 24.3 Å². The van der Waals surface area contributed by atoms with Gasteiger partial charge < -0.3 is 23.7 Å². The van der Waals surface area contributed by atoms with Crippen LogP contribution in [0.15, 0.2) is 60.7 Å². The Bertz CT molecular complexity index is 1430. The van der Waals surface area contributed by atoms with Gasteiger partial charge in [-0.2, -0.15) is 0 Å². The summed E-state index contributed by atoms with van der Waals surface area (Å²) in [5.41, 5.74) is 2.15. The minimum absolute atomic E-state index is 0.104. The molecule has 3 aromatic rings. The fourth-order valence-electron chi connectivity index (χ4n) is 6.88. The van der Waals surface area contributed by atoms with Crippen LogP contribution in [-0.2, 0) is 19.2 Å². The van der Waals surface area contributed by atoms with Crippen LogP contribution in [0.25, 0.3) is 0 Å². The maximum atomic E-state index is 14.0. The first kappa shape index (κ1) is 31.8. The number of methoxy groups -OCH3 is 5. The molecule has 236 valence electrons. The van der Waals surface area contributed by atoms with Crippen LogP contribution in [0.1, 0.15) is 60.1 Å². The summed E-state index contributed by atoms with van der Waals surface area (Å²) in [7, 11) is 7.54. The van der Waals surface area contributed by atoms with Gasteiger partial charge in [0.25, 0.3) is 0 Å². The third kappa shape index (κ3) is 6.30. The molecule has 9 nitrogen and oxygen atoms in total. The summed E-state index contributed by atoms with van der Waals surface area (Å²) in [6.07, 6.45) is 0.418. The molecule has 0 saturated heterocycles. The van der Waals surface area contributed by atoms with E-state index in [-0.39, 0.29) is 60.7 Å². The molecule has 3 aromatic carbocycles. The molecule has 0 unspecified atom stereocenters. The van der Waals surface area contributed by atoms with Crippen molar-refractivity contribution in [2.75, 3.05) is 35.5 Å². The van der Waals surface area contributed by atoms with E-state index in [1.165, 1.54) is 21.3 Å². The average molecular weight is 615 g/mol. The van der Waals surface area contributed by atoms with E-state index in [0.29, 0.717) is 34.3 Å². The Morgan fingerprint density at radius 1 is 0.511 bits per heavy atom. The number of benzene rings is 3. The van der Waals surface area contributed by atoms with Gasteiger partial charge in [0.15, 0.2) is 11.5 Å². The van der Waals surface area contributed by atoms with Gasteiger partial charge in [-0.05, 0) is 64.9 Å². The van der Waals surface area contributed by atoms with E-state index in [0.717, 1.165) is 11.1 Å². The van der Waals surface area contributed by atoms with Crippen molar-refractivity contribution in [3.8, 4) is 28.7 Å². The number of Topliss-reactive ketones (excluding diaryl/α,β-unsaturated/α-hetero) is 4. The molecule has 2 aliphatic rings. The van der Waals surface area contributed by atoms with Gasteiger partial charge in [0.05, 0.1) is 47.4 Å². The highest BCUT2D eigenvalue weighted by molar-refractivity contribution is 6.11. The fourth-order valence-corrected chi connectivity index (χ4v) is 6.88. The summed E-state index contributed by atoms with van der Waals surface area (Å²) >= 11 is 0. The molecule has 45 heavy (non-hydrogen) atoms. The minimum Gasteiger partial charge on any atom is -0.497 e. The molecular weight excluding hydrogens is 576 g/mol. The number of rotatable bonds is 10. The highest BCUT2D eigenvalue weighted by Crippen LogP contribution is 2.49. The monoisotopic (exact) mass is 614 g/mol. The highest BCUT2D eigenvalue weighted by atomic mass is 16.5. The van der Waals surface area contributed by atoms with Crippen LogP contribution in [0.2, 0.25) is 0 Å². The maximum Gasteiger partial charge on any atom is 0.203 e. The summed E-state index contributed by atoms with van der Waals surface area (Å²) in [6.45, 7) is 0. The van der Waals surface area contributed by atoms with Crippen LogP contribution in [0, 0.1) is 11.8 Å². The number of ketones is 4. The summed E-state index contributed by atoms with van der Waals surface area (Å²) in [5.74, 6) is -2.95. The largest absolute Gasteiger partial charge is 0.497 e. The first-order chi connectivity index (χ1) is 21.7. The molecule has 2 aliphatic carbocycles. The summed E-state index contributed by atoms with van der Waals surface area (Å²) < 4.78 is 27.1. The molecule has 2 saturated carbocycles. The second-order valence-electron chi connectivity index (χ2n) is 11.6. The van der Waals surface area contributed by atoms with Crippen LogP contribution in [0.5, 0.6) is 28.7 Å². The zero-order chi connectivity index (χ0) is 32.2. The summed E-state index contributed by atoms with van der Waals surface area (Å²) in [4.78, 5) is 56.0. The van der Waals surface area contributed by atoms with Gasteiger partial charge in [0, 0.05) is 31.6 Å². The normalized spacial score (nSPS) is 22.5. The zero-order valence-corrected chi connectivity index (χ0v) is 26.2. The first-order valence-electron chi connectivity index (χ1n) is 14.9. The lowest BCUT2D eigenvalue weighted by atomic mass is 9.62. The third-order valence-electron chi connectivity index (χ3n) is 9.14. The number of hydrogen-bond acceptors (Lipinski definition) is 9. The first-order valence-corrected chi connectivity index (χ1v) is 14.9. The molecule has 0 amide bonds. The SMILES string of the molecule is COc1ccc(C2CC(=O)C(C(c3cc(OC)c(OC)c(OC)c3)C3C(=O)CC(c4ccc(OC)cc4)CC3=O)C(=O)C2)cc1. The summed E-state index contributed by atoms with van der Waals surface area (Å²) in [6, 6.07) is 17.9. The van der Waals surface area contributed by atoms with Crippen molar-refractivity contribution < 1.29 is 42.9 Å². The second kappa shape index (κ2) is 13.5. The molecule has 5 rings (SSSR count). The van der Waals surface area contributed by atoms with E-state index in [2.05, 4.69) is 0 Å². The van der Waals surface area contributed by atoms with Crippen molar-refractivity contribution in [3.63, 3.8) is 0 Å². The zero-order valence-electron chi connectivity index (χ0n) is 26.2. The lowest BCUT2D eigenvalue weighted by Crippen LogP contribution is -2.45. The van der Waals surface area contributed by atoms with E-state index in [4.69, 9.17) is 23.7 Å². The maximum absolute atomic E-state index is 14.0. The molecular formula is C36H38O9. The number of carbonyl (C=O) groups is 4. The van der Waals surface area contributed by atoms with Gasteiger partial charge in [-0.3, -0.25) is 19.2 Å². The predicted octanol–water partition coefficient (Wildman–Crippen LogP) is 5.48. The smallest absolute Gasteiger partial charge is 0.203 e. The standard InChI is InChI=1S/C36H38O9/c1-41-25-10-6-20(7-11-25)22-14-27(37)34(28(38)15-22)33(24-18-31(43-3)36(45-5)32(19-24)44-4)35-29(39)16-23(17-30(35)40)21-8-12-26(42-2)13-9-21/h6-13,18-19,22-23,33-35H,14-17H2,1-5H3. The Kier molecular flexibility index (Phi) is 9.56. The van der Waals surface area contributed by atoms with Crippen molar-refractivity contribution in [1.29, 1.82) is 0 Å². The van der Waals surface area contributed by atoms with E-state index in [9.17, 15) is 19.2 Å². The topological polar surface area (TPSA) is 114 Å². The van der Waals surface area contributed by atoms with Crippen molar-refractivity contribution in [2.45, 2.75) is 43.4 Å². The molecule has 0 bridgehead atoms. The Hall–Kier alpha value is -4.66. The molecule has 0 radical (unpaired) electrons. The average Bonchev–Trinajstić information content (AvgIpc) is 3.06. The Morgan fingerprint density at radius 3 is 1.16 bits per heavy atom. The second-order valence-corrected chi connectivity index (χ2v) is 11.6. The molecule has 0 aromatic heterocycles. The molecule has 0 N–H and O–H groups in total. The lowest BCUT2D eigenvalue weighted by molar-refractivity contribution is -0.142. The predicted molar refractivity (Wildman–Crippen MR) is 166 cm³/mol. The van der Waals surface area contributed by atoms with Crippen LogP contribution >= 0.6 is 0 Å². The van der Waals surface area contributed by atoms with Crippen LogP contribution in [0.3, 0.4) is 0 Å². The molecule has 0 aliphatic heterocycles.